The minimum atomic E-state index is -0.566. The third kappa shape index (κ3) is 5.49. The van der Waals surface area contributed by atoms with E-state index in [9.17, 15) is 20.2 Å². The molecule has 0 spiro atoms. The Balaban J connectivity index is 0.000000231. The summed E-state index contributed by atoms with van der Waals surface area (Å²) in [6, 6.07) is 8.48. The van der Waals surface area contributed by atoms with Gasteiger partial charge in [0.1, 0.15) is 11.5 Å². The summed E-state index contributed by atoms with van der Waals surface area (Å²) in [6.45, 7) is 0. The predicted molar refractivity (Wildman–Crippen MR) is 89.8 cm³/mol. The highest BCUT2D eigenvalue weighted by atomic mass is 79.9. The van der Waals surface area contributed by atoms with Gasteiger partial charge in [-0.2, -0.15) is 0 Å². The number of benzene rings is 2. The molecule has 1 N–H and O–H groups in total. The van der Waals surface area contributed by atoms with Gasteiger partial charge in [-0.1, -0.05) is 0 Å². The first-order chi connectivity index (χ1) is 10.8. The first-order valence-electron chi connectivity index (χ1n) is 5.87. The zero-order valence-corrected chi connectivity index (χ0v) is 14.8. The minimum absolute atomic E-state index is 0.00866. The highest BCUT2D eigenvalue weighted by Crippen LogP contribution is 2.29. The lowest BCUT2D eigenvalue weighted by atomic mass is 10.3. The molecule has 0 saturated heterocycles. The number of nitro groups is 2. The minimum Gasteiger partial charge on any atom is -0.508 e. The van der Waals surface area contributed by atoms with Crippen LogP contribution in [0.2, 0.25) is 0 Å². The first kappa shape index (κ1) is 18.8. The molecule has 23 heavy (non-hydrogen) atoms. The SMILES string of the molecule is COc1ccc(Br)c([N+](=O)[O-])c1.O=[N+]([O-])c1cc(O)ccc1Br. The van der Waals surface area contributed by atoms with E-state index in [1.54, 1.807) is 12.1 Å². The first-order valence-corrected chi connectivity index (χ1v) is 7.45. The van der Waals surface area contributed by atoms with Gasteiger partial charge in [0, 0.05) is 0 Å². The Labute approximate surface area is 147 Å². The molecule has 0 unspecified atom stereocenters. The number of ether oxygens (including phenoxy) is 1. The van der Waals surface area contributed by atoms with Crippen LogP contribution >= 0.6 is 31.9 Å². The van der Waals surface area contributed by atoms with Gasteiger partial charge in [-0.25, -0.2) is 0 Å². The lowest BCUT2D eigenvalue weighted by Crippen LogP contribution is -1.90. The molecule has 2 aromatic carbocycles. The Morgan fingerprint density at radius 1 is 0.957 bits per heavy atom. The van der Waals surface area contributed by atoms with Crippen LogP contribution in [-0.4, -0.2) is 22.1 Å². The molecule has 2 aromatic rings. The molecule has 0 fully saturated rings. The number of hydrogen-bond acceptors (Lipinski definition) is 6. The molecule has 0 aromatic heterocycles. The molecule has 0 aliphatic carbocycles. The molecule has 0 aliphatic heterocycles. The average Bonchev–Trinajstić information content (AvgIpc) is 2.50. The lowest BCUT2D eigenvalue weighted by molar-refractivity contribution is -0.385. The largest absolute Gasteiger partial charge is 0.508 e. The Kier molecular flexibility index (Phi) is 6.91. The topological polar surface area (TPSA) is 116 Å². The molecular weight excluding hydrogens is 440 g/mol. The molecule has 0 aliphatic rings. The zero-order chi connectivity index (χ0) is 17.6. The van der Waals surface area contributed by atoms with Crippen molar-refractivity contribution in [2.45, 2.75) is 0 Å². The molecule has 0 bridgehead atoms. The maximum atomic E-state index is 10.4. The molecular formula is C13H10Br2N2O6. The smallest absolute Gasteiger partial charge is 0.287 e. The number of hydrogen-bond donors (Lipinski definition) is 1. The summed E-state index contributed by atoms with van der Waals surface area (Å²) in [5, 5.41) is 29.5. The van der Waals surface area contributed by atoms with Crippen LogP contribution in [0.5, 0.6) is 11.5 Å². The molecule has 122 valence electrons. The van der Waals surface area contributed by atoms with Gasteiger partial charge in [0.2, 0.25) is 0 Å². The summed E-state index contributed by atoms with van der Waals surface area (Å²) in [5.41, 5.74) is -0.126. The van der Waals surface area contributed by atoms with E-state index in [0.29, 0.717) is 14.7 Å². The second-order valence-corrected chi connectivity index (χ2v) is 5.68. The number of methoxy groups -OCH3 is 1. The number of nitro benzene ring substituents is 2. The fourth-order valence-corrected chi connectivity index (χ4v) is 2.18. The fourth-order valence-electron chi connectivity index (χ4n) is 1.40. The fraction of sp³-hybridized carbons (Fsp3) is 0.0769. The molecule has 0 heterocycles. The molecule has 0 amide bonds. The van der Waals surface area contributed by atoms with Crippen LogP contribution in [0.15, 0.2) is 45.3 Å². The van der Waals surface area contributed by atoms with E-state index in [4.69, 9.17) is 9.84 Å². The molecule has 0 radical (unpaired) electrons. The van der Waals surface area contributed by atoms with Crippen LogP contribution < -0.4 is 4.74 Å². The van der Waals surface area contributed by atoms with E-state index >= 15 is 0 Å². The van der Waals surface area contributed by atoms with Gasteiger partial charge in [0.25, 0.3) is 11.4 Å². The van der Waals surface area contributed by atoms with E-state index in [0.717, 1.165) is 6.07 Å². The van der Waals surface area contributed by atoms with Crippen molar-refractivity contribution in [1.29, 1.82) is 0 Å². The number of aromatic hydroxyl groups is 1. The standard InChI is InChI=1S/C7H6BrNO3.C6H4BrNO3/c1-12-5-2-3-6(8)7(4-5)9(10)11;7-5-2-1-4(9)3-6(5)8(10)11/h2-4H,1H3;1-3,9H. The van der Waals surface area contributed by atoms with Crippen LogP contribution in [0.4, 0.5) is 11.4 Å². The lowest BCUT2D eigenvalue weighted by Gasteiger charge is -1.99. The maximum Gasteiger partial charge on any atom is 0.287 e. The number of nitrogens with zero attached hydrogens (tertiary/aromatic N) is 2. The highest BCUT2D eigenvalue weighted by Gasteiger charge is 2.12. The zero-order valence-electron chi connectivity index (χ0n) is 11.6. The number of halogens is 2. The van der Waals surface area contributed by atoms with Crippen LogP contribution in [-0.2, 0) is 0 Å². The molecule has 8 nitrogen and oxygen atoms in total. The second-order valence-electron chi connectivity index (χ2n) is 3.97. The van der Waals surface area contributed by atoms with Crippen LogP contribution in [0.3, 0.4) is 0 Å². The molecule has 0 atom stereocenters. The summed E-state index contributed by atoms with van der Waals surface area (Å²) in [7, 11) is 1.47. The van der Waals surface area contributed by atoms with Gasteiger partial charge >= 0.3 is 0 Å². The van der Waals surface area contributed by atoms with E-state index in [1.165, 1.54) is 25.3 Å². The molecule has 2 rings (SSSR count). The van der Waals surface area contributed by atoms with Gasteiger partial charge in [-0.15, -0.1) is 0 Å². The van der Waals surface area contributed by atoms with Crippen molar-refractivity contribution in [3.05, 3.63) is 65.6 Å². The maximum absolute atomic E-state index is 10.4. The van der Waals surface area contributed by atoms with Gasteiger partial charge in [0.15, 0.2) is 0 Å². The van der Waals surface area contributed by atoms with Gasteiger partial charge in [0.05, 0.1) is 38.0 Å². The molecule has 10 heteroatoms. The normalized spacial score (nSPS) is 9.52. The van der Waals surface area contributed by atoms with Crippen molar-refractivity contribution in [3.63, 3.8) is 0 Å². The predicted octanol–water partition coefficient (Wildman–Crippen LogP) is 4.43. The monoisotopic (exact) mass is 448 g/mol. The number of phenolic OH excluding ortho intramolecular Hbond substituents is 1. The third-order valence-electron chi connectivity index (χ3n) is 2.48. The van der Waals surface area contributed by atoms with Gasteiger partial charge in [-0.3, -0.25) is 20.2 Å². The van der Waals surface area contributed by atoms with Crippen LogP contribution in [0, 0.1) is 20.2 Å². The summed E-state index contributed by atoms with van der Waals surface area (Å²) >= 11 is 6.04. The van der Waals surface area contributed by atoms with Gasteiger partial charge in [-0.05, 0) is 56.1 Å². The third-order valence-corrected chi connectivity index (χ3v) is 3.82. The van der Waals surface area contributed by atoms with Crippen molar-refractivity contribution in [3.8, 4) is 11.5 Å². The summed E-state index contributed by atoms with van der Waals surface area (Å²) in [5.74, 6) is 0.366. The Morgan fingerprint density at radius 3 is 1.87 bits per heavy atom. The quantitative estimate of drug-likeness (QED) is 0.547. The number of rotatable bonds is 3. The highest BCUT2D eigenvalue weighted by molar-refractivity contribution is 9.11. The van der Waals surface area contributed by atoms with E-state index in [-0.39, 0.29) is 17.1 Å². The Bertz CT molecular complexity index is 738. The summed E-state index contributed by atoms with van der Waals surface area (Å²) < 4.78 is 5.65. The number of phenols is 1. The van der Waals surface area contributed by atoms with Crippen LogP contribution in [0.25, 0.3) is 0 Å². The second kappa shape index (κ2) is 8.44. The van der Waals surface area contributed by atoms with E-state index < -0.39 is 9.85 Å². The van der Waals surface area contributed by atoms with Crippen molar-refractivity contribution in [2.24, 2.45) is 0 Å². The average molecular weight is 450 g/mol. The van der Waals surface area contributed by atoms with E-state index in [1.807, 2.05) is 0 Å². The van der Waals surface area contributed by atoms with E-state index in [2.05, 4.69) is 31.9 Å². The Hall–Kier alpha value is -2.20. The summed E-state index contributed by atoms with van der Waals surface area (Å²) in [6.07, 6.45) is 0. The van der Waals surface area contributed by atoms with Crippen molar-refractivity contribution in [1.82, 2.24) is 0 Å². The van der Waals surface area contributed by atoms with Crippen LogP contribution in [0.1, 0.15) is 0 Å². The molecule has 0 saturated carbocycles. The van der Waals surface area contributed by atoms with Gasteiger partial charge < -0.3 is 9.84 Å². The van der Waals surface area contributed by atoms with Crippen molar-refractivity contribution < 1.29 is 19.7 Å². The van der Waals surface area contributed by atoms with Crippen molar-refractivity contribution in [2.75, 3.05) is 7.11 Å². The van der Waals surface area contributed by atoms with Crippen molar-refractivity contribution >= 4 is 43.2 Å². The Morgan fingerprint density at radius 2 is 1.43 bits per heavy atom. The summed E-state index contributed by atoms with van der Waals surface area (Å²) in [4.78, 5) is 19.6.